The van der Waals surface area contributed by atoms with Crippen LogP contribution in [0, 0.1) is 0 Å². The smallest absolute Gasteiger partial charge is 0.179 e. The Labute approximate surface area is 354 Å². The van der Waals surface area contributed by atoms with E-state index in [0.29, 0.717) is 0 Å². The summed E-state index contributed by atoms with van der Waals surface area (Å²) in [5.41, 5.74) is 9.25. The molecule has 0 saturated heterocycles. The molecular weight excluding hydrogens is 757 g/mol. The molecule has 9 aromatic carbocycles. The van der Waals surface area contributed by atoms with Gasteiger partial charge in [0.15, 0.2) is 13.9 Å². The lowest BCUT2D eigenvalue weighted by Gasteiger charge is -2.34. The minimum Gasteiger partial charge on any atom is -0.309 e. The molecule has 0 radical (unpaired) electrons. The van der Waals surface area contributed by atoms with E-state index in [4.69, 9.17) is 9.97 Å². The SMILES string of the molecule is c1ccc(-n2c3ccccc3c3c4c5ccccc5n(-c5nc6ccccc6nc5-c5cccc([Si](c6ccccc6)(c6ccccc6)c6ccccc6)c5)c4ccc32)cc1. The Bertz CT molecular complexity index is 3480. The van der Waals surface area contributed by atoms with Crippen LogP contribution in [-0.4, -0.2) is 27.2 Å². The molecule has 0 N–H and O–H groups in total. The maximum absolute atomic E-state index is 5.56. The van der Waals surface area contributed by atoms with E-state index in [9.17, 15) is 0 Å². The van der Waals surface area contributed by atoms with E-state index in [1.54, 1.807) is 0 Å². The maximum atomic E-state index is 5.56. The summed E-state index contributed by atoms with van der Waals surface area (Å²) < 4.78 is 4.75. The zero-order chi connectivity index (χ0) is 40.3. The Kier molecular flexibility index (Phi) is 8.15. The molecule has 0 bridgehead atoms. The molecule has 0 unspecified atom stereocenters. The highest BCUT2D eigenvalue weighted by molar-refractivity contribution is 7.19. The number of fused-ring (bicyclic) bond motifs is 8. The van der Waals surface area contributed by atoms with Crippen molar-refractivity contribution in [1.29, 1.82) is 0 Å². The summed E-state index contributed by atoms with van der Waals surface area (Å²) in [6.07, 6.45) is 0. The number of para-hydroxylation sites is 5. The number of nitrogens with zero attached hydrogens (tertiary/aromatic N) is 4. The summed E-state index contributed by atoms with van der Waals surface area (Å²) in [5.74, 6) is 0.805. The molecule has 0 atom stereocenters. The maximum Gasteiger partial charge on any atom is 0.179 e. The molecule has 0 aliphatic heterocycles. The molecule has 0 saturated carbocycles. The second-order valence-corrected chi connectivity index (χ2v) is 19.5. The van der Waals surface area contributed by atoms with Crippen LogP contribution in [0.2, 0.25) is 0 Å². The van der Waals surface area contributed by atoms with E-state index in [1.165, 1.54) is 53.3 Å². The fraction of sp³-hybridized carbons (Fsp3) is 0. The minimum absolute atomic E-state index is 0.805. The normalized spacial score (nSPS) is 11.9. The highest BCUT2D eigenvalue weighted by Gasteiger charge is 2.41. The van der Waals surface area contributed by atoms with Crippen molar-refractivity contribution in [2.24, 2.45) is 0 Å². The van der Waals surface area contributed by atoms with Gasteiger partial charge >= 0.3 is 0 Å². The molecule has 5 heteroatoms. The summed E-state index contributed by atoms with van der Waals surface area (Å²) in [6, 6.07) is 83.5. The van der Waals surface area contributed by atoms with Crippen LogP contribution in [0.4, 0.5) is 0 Å². The van der Waals surface area contributed by atoms with E-state index in [2.05, 4.69) is 240 Å². The van der Waals surface area contributed by atoms with Gasteiger partial charge in [-0.25, -0.2) is 9.97 Å². The van der Waals surface area contributed by atoms with Gasteiger partial charge in [-0.05, 0) is 69.3 Å². The predicted octanol–water partition coefficient (Wildman–Crippen LogP) is 10.9. The van der Waals surface area contributed by atoms with Crippen LogP contribution in [0.25, 0.3) is 77.4 Å². The van der Waals surface area contributed by atoms with Gasteiger partial charge in [0, 0.05) is 32.8 Å². The zero-order valence-corrected chi connectivity index (χ0v) is 34.2. The topological polar surface area (TPSA) is 35.6 Å². The van der Waals surface area contributed by atoms with Gasteiger partial charge in [0.1, 0.15) is 5.69 Å². The fourth-order valence-corrected chi connectivity index (χ4v) is 14.7. The monoisotopic (exact) mass is 794 g/mol. The standard InChI is InChI=1S/C56H38N4Si/c1-5-21-40(22-6-1)59-49-34-17-13-30-45(49)53-51(59)36-37-52-54(53)46-31-14-18-35-50(46)60(52)56-55(57-47-32-15-16-33-48(47)58-56)39-20-19-29-44(38-39)61(41-23-7-2-8-24-41,42-25-9-3-10-26-42)43-27-11-4-12-28-43/h1-38H. The third-order valence-corrected chi connectivity index (χ3v) is 17.2. The third kappa shape index (κ3) is 5.38. The summed E-state index contributed by atoms with van der Waals surface area (Å²) in [4.78, 5) is 11.1. The van der Waals surface area contributed by atoms with Gasteiger partial charge in [0.05, 0.1) is 33.1 Å². The number of aromatic nitrogens is 4. The van der Waals surface area contributed by atoms with Crippen LogP contribution in [0.1, 0.15) is 0 Å². The van der Waals surface area contributed by atoms with Crippen LogP contribution in [0.15, 0.2) is 231 Å². The number of hydrogen-bond acceptors (Lipinski definition) is 2. The molecule has 61 heavy (non-hydrogen) atoms. The number of benzene rings is 9. The second kappa shape index (κ2) is 14.2. The summed E-state index contributed by atoms with van der Waals surface area (Å²) in [6.45, 7) is 0. The molecular formula is C56H38N4Si. The van der Waals surface area contributed by atoms with Crippen molar-refractivity contribution in [1.82, 2.24) is 19.1 Å². The highest BCUT2D eigenvalue weighted by atomic mass is 28.3. The van der Waals surface area contributed by atoms with Gasteiger partial charge in [-0.15, -0.1) is 0 Å². The molecule has 0 spiro atoms. The van der Waals surface area contributed by atoms with Crippen molar-refractivity contribution >= 4 is 83.5 Å². The van der Waals surface area contributed by atoms with Gasteiger partial charge in [-0.1, -0.05) is 182 Å². The quantitative estimate of drug-likeness (QED) is 0.119. The summed E-state index contributed by atoms with van der Waals surface area (Å²) in [7, 11) is -2.83. The van der Waals surface area contributed by atoms with Gasteiger partial charge in [0.2, 0.25) is 0 Å². The van der Waals surface area contributed by atoms with Crippen molar-refractivity contribution in [3.8, 4) is 22.8 Å². The van der Waals surface area contributed by atoms with Crippen molar-refractivity contribution in [2.75, 3.05) is 0 Å². The lowest BCUT2D eigenvalue weighted by atomic mass is 10.1. The molecule has 0 aliphatic rings. The van der Waals surface area contributed by atoms with Crippen LogP contribution in [0.5, 0.6) is 0 Å². The van der Waals surface area contributed by atoms with Crippen LogP contribution >= 0.6 is 0 Å². The van der Waals surface area contributed by atoms with E-state index < -0.39 is 8.07 Å². The Balaban J connectivity index is 1.17. The minimum atomic E-state index is -2.83. The largest absolute Gasteiger partial charge is 0.309 e. The molecule has 4 nitrogen and oxygen atoms in total. The molecule has 3 heterocycles. The molecule has 12 rings (SSSR count). The number of hydrogen-bond donors (Lipinski definition) is 0. The fourth-order valence-electron chi connectivity index (χ4n) is 9.91. The average molecular weight is 795 g/mol. The van der Waals surface area contributed by atoms with Crippen molar-refractivity contribution < 1.29 is 0 Å². The molecule has 0 amide bonds. The van der Waals surface area contributed by atoms with Crippen LogP contribution in [-0.2, 0) is 0 Å². The molecule has 0 aliphatic carbocycles. The Morgan fingerprint density at radius 1 is 0.328 bits per heavy atom. The molecule has 0 fully saturated rings. The lowest BCUT2D eigenvalue weighted by molar-refractivity contribution is 1.08. The van der Waals surface area contributed by atoms with Gasteiger partial charge in [-0.3, -0.25) is 4.57 Å². The Hall–Kier alpha value is -7.86. The van der Waals surface area contributed by atoms with Crippen molar-refractivity contribution in [3.63, 3.8) is 0 Å². The van der Waals surface area contributed by atoms with E-state index >= 15 is 0 Å². The van der Waals surface area contributed by atoms with Gasteiger partial charge in [-0.2, -0.15) is 0 Å². The van der Waals surface area contributed by atoms with E-state index in [-0.39, 0.29) is 0 Å². The zero-order valence-electron chi connectivity index (χ0n) is 33.2. The lowest BCUT2D eigenvalue weighted by Crippen LogP contribution is -2.74. The second-order valence-electron chi connectivity index (χ2n) is 15.7. The van der Waals surface area contributed by atoms with E-state index in [1.807, 2.05) is 0 Å². The molecule has 286 valence electrons. The highest BCUT2D eigenvalue weighted by Crippen LogP contribution is 2.43. The van der Waals surface area contributed by atoms with Crippen LogP contribution < -0.4 is 20.7 Å². The van der Waals surface area contributed by atoms with Gasteiger partial charge in [0.25, 0.3) is 0 Å². The predicted molar refractivity (Wildman–Crippen MR) is 257 cm³/mol. The van der Waals surface area contributed by atoms with Gasteiger partial charge < -0.3 is 4.57 Å². The van der Waals surface area contributed by atoms with Crippen molar-refractivity contribution in [2.45, 2.75) is 0 Å². The number of rotatable bonds is 7. The third-order valence-electron chi connectivity index (χ3n) is 12.4. The first-order valence-electron chi connectivity index (χ1n) is 20.8. The van der Waals surface area contributed by atoms with Crippen LogP contribution in [0.3, 0.4) is 0 Å². The first-order chi connectivity index (χ1) is 30.3. The first kappa shape index (κ1) is 35.1. The molecule has 3 aromatic heterocycles. The molecule has 12 aromatic rings. The summed E-state index contributed by atoms with van der Waals surface area (Å²) >= 11 is 0. The average Bonchev–Trinajstić information content (AvgIpc) is 3.86. The Morgan fingerprint density at radius 3 is 1.34 bits per heavy atom. The Morgan fingerprint density at radius 2 is 0.770 bits per heavy atom. The van der Waals surface area contributed by atoms with Crippen molar-refractivity contribution in [3.05, 3.63) is 231 Å². The summed E-state index contributed by atoms with van der Waals surface area (Å²) in [5, 5.41) is 10.1. The van der Waals surface area contributed by atoms with E-state index in [0.717, 1.165) is 44.8 Å². The first-order valence-corrected chi connectivity index (χ1v) is 22.8.